The Morgan fingerprint density at radius 3 is 2.00 bits per heavy atom. The summed E-state index contributed by atoms with van der Waals surface area (Å²) < 4.78 is 19.1. The quantitative estimate of drug-likeness (QED) is 0.334. The van der Waals surface area contributed by atoms with E-state index in [1.165, 1.54) is 0 Å². The molecule has 188 valence electrons. The van der Waals surface area contributed by atoms with Crippen LogP contribution in [0.25, 0.3) is 0 Å². The van der Waals surface area contributed by atoms with Crippen molar-refractivity contribution in [1.29, 1.82) is 0 Å². The van der Waals surface area contributed by atoms with Crippen molar-refractivity contribution in [2.45, 2.75) is 45.4 Å². The lowest BCUT2D eigenvalue weighted by Crippen LogP contribution is -2.56. The number of esters is 3. The van der Waals surface area contributed by atoms with E-state index in [0.717, 1.165) is 26.9 Å². The van der Waals surface area contributed by atoms with Crippen molar-refractivity contribution < 1.29 is 42.9 Å². The zero-order chi connectivity index (χ0) is 25.7. The Kier molecular flexibility index (Phi) is 12.1. The predicted octanol–water partition coefficient (Wildman–Crippen LogP) is 1.34. The van der Waals surface area contributed by atoms with Gasteiger partial charge in [0.15, 0.2) is 0 Å². The molecule has 0 unspecified atom stereocenters. The van der Waals surface area contributed by atoms with Gasteiger partial charge >= 0.3 is 24.0 Å². The summed E-state index contributed by atoms with van der Waals surface area (Å²) in [7, 11) is 3.26. The normalized spacial score (nSPS) is 13.1. The molecule has 1 aromatic carbocycles. The van der Waals surface area contributed by atoms with Gasteiger partial charge in [0, 0.05) is 0 Å². The van der Waals surface area contributed by atoms with Crippen molar-refractivity contribution in [1.82, 2.24) is 10.6 Å². The highest BCUT2D eigenvalue weighted by molar-refractivity contribution is 5.93. The van der Waals surface area contributed by atoms with E-state index in [1.807, 2.05) is 19.9 Å². The third-order valence-corrected chi connectivity index (χ3v) is 4.80. The number of ether oxygens (including phenoxy) is 4. The summed E-state index contributed by atoms with van der Waals surface area (Å²) in [6, 6.07) is 6.33. The van der Waals surface area contributed by atoms with Gasteiger partial charge in [0.1, 0.15) is 18.7 Å². The van der Waals surface area contributed by atoms with E-state index in [1.54, 1.807) is 24.3 Å². The molecular formula is C23H32N2O9. The molecule has 34 heavy (non-hydrogen) atoms. The first kappa shape index (κ1) is 28.4. The van der Waals surface area contributed by atoms with E-state index in [4.69, 9.17) is 9.47 Å². The van der Waals surface area contributed by atoms with E-state index >= 15 is 0 Å². The highest BCUT2D eigenvalue weighted by atomic mass is 16.6. The summed E-state index contributed by atoms with van der Waals surface area (Å²) in [5.74, 6) is -4.87. The lowest BCUT2D eigenvalue weighted by Gasteiger charge is -2.26. The van der Waals surface area contributed by atoms with Crippen LogP contribution in [0.4, 0.5) is 4.79 Å². The first-order valence-electron chi connectivity index (χ1n) is 10.6. The monoisotopic (exact) mass is 480 g/mol. The molecule has 0 heterocycles. The first-order valence-corrected chi connectivity index (χ1v) is 10.6. The minimum absolute atomic E-state index is 0.00296. The van der Waals surface area contributed by atoms with E-state index in [2.05, 4.69) is 20.1 Å². The summed E-state index contributed by atoms with van der Waals surface area (Å²) >= 11 is 0. The zero-order valence-electron chi connectivity index (χ0n) is 20.0. The lowest BCUT2D eigenvalue weighted by molar-refractivity contribution is -0.159. The summed E-state index contributed by atoms with van der Waals surface area (Å²) in [5.41, 5.74) is 0.761. The number of amides is 2. The predicted molar refractivity (Wildman–Crippen MR) is 119 cm³/mol. The van der Waals surface area contributed by atoms with Crippen LogP contribution in [-0.4, -0.2) is 63.3 Å². The molecule has 2 amide bonds. The number of nitrogens with one attached hydrogen (secondary N) is 2. The SMILES string of the molecule is COC(=O)C[C@@H](C(=O)OC)[C@@H](NC(=O)[C@H](CC(C)C)NC(=O)OCc1ccccc1)C(=O)OC. The van der Waals surface area contributed by atoms with E-state index < -0.39 is 54.3 Å². The first-order chi connectivity index (χ1) is 16.1. The summed E-state index contributed by atoms with van der Waals surface area (Å²) in [4.78, 5) is 61.8. The summed E-state index contributed by atoms with van der Waals surface area (Å²) in [6.45, 7) is 3.67. The van der Waals surface area contributed by atoms with Crippen LogP contribution in [0.5, 0.6) is 0 Å². The number of carbonyl (C=O) groups is 5. The Morgan fingerprint density at radius 1 is 0.853 bits per heavy atom. The maximum absolute atomic E-state index is 13.0. The summed E-state index contributed by atoms with van der Waals surface area (Å²) in [5, 5.41) is 4.89. The van der Waals surface area contributed by atoms with Crippen molar-refractivity contribution in [3.8, 4) is 0 Å². The molecule has 0 radical (unpaired) electrons. The number of methoxy groups -OCH3 is 3. The topological polar surface area (TPSA) is 146 Å². The third kappa shape index (κ3) is 9.47. The van der Waals surface area contributed by atoms with E-state index in [9.17, 15) is 24.0 Å². The standard InChI is InChI=1S/C23H32N2O9/c1-14(2)11-17(24-23(30)34-13-15-9-7-6-8-10-15)20(27)25-19(22(29)33-5)16(21(28)32-4)12-18(26)31-3/h6-10,14,16-17,19H,11-13H2,1-5H3,(H,24,30)(H,25,27)/t16-,17+,19-/m1/s1. The van der Waals surface area contributed by atoms with E-state index in [-0.39, 0.29) is 18.9 Å². The Balaban J connectivity index is 3.01. The second-order valence-corrected chi connectivity index (χ2v) is 7.81. The molecule has 11 nitrogen and oxygen atoms in total. The molecule has 0 saturated heterocycles. The van der Waals surface area contributed by atoms with Crippen molar-refractivity contribution in [3.63, 3.8) is 0 Å². The molecule has 0 bridgehead atoms. The molecule has 0 aliphatic carbocycles. The average molecular weight is 481 g/mol. The minimum Gasteiger partial charge on any atom is -0.469 e. The Labute approximate surface area is 198 Å². The summed E-state index contributed by atoms with van der Waals surface area (Å²) in [6.07, 6.45) is -1.16. The molecule has 11 heteroatoms. The van der Waals surface area contributed by atoms with Crippen molar-refractivity contribution in [2.75, 3.05) is 21.3 Å². The molecule has 0 aliphatic rings. The molecule has 0 aliphatic heterocycles. The molecule has 0 saturated carbocycles. The van der Waals surface area contributed by atoms with Gasteiger partial charge in [-0.2, -0.15) is 0 Å². The molecule has 1 aromatic rings. The fourth-order valence-corrected chi connectivity index (χ4v) is 3.07. The van der Waals surface area contributed by atoms with Crippen LogP contribution in [0.3, 0.4) is 0 Å². The average Bonchev–Trinajstić information content (AvgIpc) is 2.83. The highest BCUT2D eigenvalue weighted by Gasteiger charge is 2.40. The van der Waals surface area contributed by atoms with Crippen molar-refractivity contribution >= 4 is 29.9 Å². The largest absolute Gasteiger partial charge is 0.469 e. The Bertz CT molecular complexity index is 842. The number of hydrogen-bond acceptors (Lipinski definition) is 9. The van der Waals surface area contributed by atoms with Crippen LogP contribution in [0, 0.1) is 11.8 Å². The van der Waals surface area contributed by atoms with E-state index in [0.29, 0.717) is 0 Å². The zero-order valence-corrected chi connectivity index (χ0v) is 20.0. The third-order valence-electron chi connectivity index (χ3n) is 4.80. The second-order valence-electron chi connectivity index (χ2n) is 7.81. The lowest BCUT2D eigenvalue weighted by atomic mass is 9.95. The second kappa shape index (κ2) is 14.5. The van der Waals surface area contributed by atoms with Gasteiger partial charge in [0.05, 0.1) is 33.7 Å². The van der Waals surface area contributed by atoms with Crippen LogP contribution < -0.4 is 10.6 Å². The number of rotatable bonds is 12. The number of hydrogen-bond donors (Lipinski definition) is 2. The molecule has 0 fully saturated rings. The van der Waals surface area contributed by atoms with Crippen LogP contribution in [-0.2, 0) is 44.7 Å². The van der Waals surface area contributed by atoms with Crippen molar-refractivity contribution in [3.05, 3.63) is 35.9 Å². The maximum Gasteiger partial charge on any atom is 0.408 e. The van der Waals surface area contributed by atoms with Gasteiger partial charge in [-0.05, 0) is 17.9 Å². The Morgan fingerprint density at radius 2 is 1.47 bits per heavy atom. The number of benzene rings is 1. The van der Waals surface area contributed by atoms with Gasteiger partial charge in [-0.3, -0.25) is 14.4 Å². The molecule has 3 atom stereocenters. The smallest absolute Gasteiger partial charge is 0.408 e. The van der Waals surface area contributed by atoms with Crippen LogP contribution in [0.1, 0.15) is 32.3 Å². The van der Waals surface area contributed by atoms with Gasteiger partial charge in [-0.15, -0.1) is 0 Å². The van der Waals surface area contributed by atoms with Gasteiger partial charge in [-0.25, -0.2) is 9.59 Å². The molecule has 0 spiro atoms. The van der Waals surface area contributed by atoms with Crippen LogP contribution in [0.15, 0.2) is 30.3 Å². The number of alkyl carbamates (subject to hydrolysis) is 1. The fraction of sp³-hybridized carbons (Fsp3) is 0.522. The van der Waals surface area contributed by atoms with Gasteiger partial charge in [0.2, 0.25) is 5.91 Å². The molecule has 1 rings (SSSR count). The van der Waals surface area contributed by atoms with Gasteiger partial charge in [0.25, 0.3) is 0 Å². The highest BCUT2D eigenvalue weighted by Crippen LogP contribution is 2.16. The molecular weight excluding hydrogens is 448 g/mol. The van der Waals surface area contributed by atoms with Crippen molar-refractivity contribution in [2.24, 2.45) is 11.8 Å². The molecule has 2 N–H and O–H groups in total. The maximum atomic E-state index is 13.0. The minimum atomic E-state index is -1.55. The fourth-order valence-electron chi connectivity index (χ4n) is 3.07. The molecule has 0 aromatic heterocycles. The number of carbonyl (C=O) groups excluding carboxylic acids is 5. The Hall–Kier alpha value is -3.63. The van der Waals surface area contributed by atoms with Crippen LogP contribution >= 0.6 is 0 Å². The van der Waals surface area contributed by atoms with Crippen LogP contribution in [0.2, 0.25) is 0 Å². The van der Waals surface area contributed by atoms with Gasteiger partial charge < -0.3 is 29.6 Å². The van der Waals surface area contributed by atoms with Gasteiger partial charge in [-0.1, -0.05) is 44.2 Å².